The average Bonchev–Trinajstić information content (AvgIpc) is 3.18. The van der Waals surface area contributed by atoms with Crippen LogP contribution in [0.5, 0.6) is 0 Å². The summed E-state index contributed by atoms with van der Waals surface area (Å²) >= 11 is 0. The molecule has 0 radical (unpaired) electrons. The van der Waals surface area contributed by atoms with Crippen LogP contribution in [0.1, 0.15) is 22.8 Å². The molecular weight excluding hydrogens is 384 g/mol. The van der Waals surface area contributed by atoms with Gasteiger partial charge in [0, 0.05) is 68.7 Å². The van der Waals surface area contributed by atoms with Gasteiger partial charge in [0.1, 0.15) is 0 Å². The normalized spacial score (nSPS) is 16.4. The fourth-order valence-corrected chi connectivity index (χ4v) is 4.15. The van der Waals surface area contributed by atoms with Crippen molar-refractivity contribution in [1.82, 2.24) is 4.90 Å². The lowest BCUT2D eigenvalue weighted by molar-refractivity contribution is -0.384. The molecule has 30 heavy (non-hydrogen) atoms. The van der Waals surface area contributed by atoms with Gasteiger partial charge in [-0.2, -0.15) is 0 Å². The number of fused-ring (bicyclic) bond motifs is 1. The summed E-state index contributed by atoms with van der Waals surface area (Å²) in [5.74, 6) is 0.113. The molecule has 0 saturated carbocycles. The molecule has 0 unspecified atom stereocenters. The van der Waals surface area contributed by atoms with Gasteiger partial charge in [-0.1, -0.05) is 0 Å². The van der Waals surface area contributed by atoms with Gasteiger partial charge < -0.3 is 9.80 Å². The zero-order valence-electron chi connectivity index (χ0n) is 16.9. The van der Waals surface area contributed by atoms with Crippen molar-refractivity contribution in [3.05, 3.63) is 63.7 Å². The lowest BCUT2D eigenvalue weighted by Crippen LogP contribution is -2.48. The summed E-state index contributed by atoms with van der Waals surface area (Å²) in [5, 5.41) is 10.8. The van der Waals surface area contributed by atoms with Gasteiger partial charge in [-0.3, -0.25) is 24.6 Å². The molecule has 1 fully saturated rings. The minimum Gasteiger partial charge on any atom is -0.369 e. The number of anilines is 2. The molecule has 2 aromatic rings. The second-order valence-corrected chi connectivity index (χ2v) is 7.72. The molecule has 156 valence electrons. The maximum Gasteiger partial charge on any atom is 0.269 e. The molecule has 2 aromatic carbocycles. The number of nitrogens with zero attached hydrogens (tertiary/aromatic N) is 4. The molecule has 0 N–H and O–H groups in total. The number of nitro benzene ring substituents is 1. The maximum atomic E-state index is 12.8. The Labute approximate surface area is 174 Å². The fraction of sp³-hybridized carbons (Fsp3) is 0.364. The van der Waals surface area contributed by atoms with Crippen LogP contribution in [0.15, 0.2) is 42.5 Å². The summed E-state index contributed by atoms with van der Waals surface area (Å²) in [6.45, 7) is 5.64. The Bertz CT molecular complexity index is 981. The van der Waals surface area contributed by atoms with E-state index in [1.807, 2.05) is 18.2 Å². The Morgan fingerprint density at radius 3 is 2.33 bits per heavy atom. The van der Waals surface area contributed by atoms with Crippen LogP contribution in [-0.4, -0.2) is 60.8 Å². The van der Waals surface area contributed by atoms with E-state index < -0.39 is 4.92 Å². The van der Waals surface area contributed by atoms with Crippen LogP contribution in [-0.2, 0) is 11.2 Å². The van der Waals surface area contributed by atoms with Gasteiger partial charge in [0.05, 0.1) is 11.5 Å². The number of piperazine rings is 1. The van der Waals surface area contributed by atoms with E-state index >= 15 is 0 Å². The summed E-state index contributed by atoms with van der Waals surface area (Å²) in [5.41, 5.74) is 3.70. The van der Waals surface area contributed by atoms with E-state index in [9.17, 15) is 19.7 Å². The highest BCUT2D eigenvalue weighted by molar-refractivity contribution is 6.00. The number of hydrogen-bond acceptors (Lipinski definition) is 6. The highest BCUT2D eigenvalue weighted by atomic mass is 16.6. The fourth-order valence-electron chi connectivity index (χ4n) is 4.15. The Morgan fingerprint density at radius 2 is 1.70 bits per heavy atom. The third-order valence-electron chi connectivity index (χ3n) is 5.84. The van der Waals surface area contributed by atoms with E-state index in [-0.39, 0.29) is 17.4 Å². The largest absolute Gasteiger partial charge is 0.369 e. The van der Waals surface area contributed by atoms with Gasteiger partial charge >= 0.3 is 0 Å². The molecule has 0 atom stereocenters. The standard InChI is InChI=1S/C22H24N4O4/c1-16(27)25-9-8-17-14-18(2-7-21(17)25)22(28)15-23-10-12-24(13-11-23)19-3-5-20(6-4-19)26(29)30/h2-7,14H,8-13,15H2,1H3. The van der Waals surface area contributed by atoms with Crippen LogP contribution in [0, 0.1) is 10.1 Å². The van der Waals surface area contributed by atoms with Crippen LogP contribution < -0.4 is 9.80 Å². The molecule has 0 aromatic heterocycles. The van der Waals surface area contributed by atoms with Gasteiger partial charge in [0.2, 0.25) is 5.91 Å². The number of nitro groups is 1. The van der Waals surface area contributed by atoms with Crippen LogP contribution >= 0.6 is 0 Å². The number of ketones is 1. The van der Waals surface area contributed by atoms with Crippen molar-refractivity contribution in [3.8, 4) is 0 Å². The molecule has 0 bridgehead atoms. The molecule has 8 nitrogen and oxygen atoms in total. The average molecular weight is 408 g/mol. The summed E-state index contributed by atoms with van der Waals surface area (Å²) in [4.78, 5) is 40.9. The number of benzene rings is 2. The number of carbonyl (C=O) groups is 2. The van der Waals surface area contributed by atoms with Gasteiger partial charge in [0.25, 0.3) is 5.69 Å². The van der Waals surface area contributed by atoms with Crippen LogP contribution in [0.2, 0.25) is 0 Å². The molecule has 1 amide bonds. The van der Waals surface area contributed by atoms with Crippen molar-refractivity contribution in [2.24, 2.45) is 0 Å². The van der Waals surface area contributed by atoms with Crippen LogP contribution in [0.4, 0.5) is 17.1 Å². The molecule has 2 aliphatic heterocycles. The molecule has 0 aliphatic carbocycles. The smallest absolute Gasteiger partial charge is 0.269 e. The topological polar surface area (TPSA) is 87.0 Å². The predicted molar refractivity (Wildman–Crippen MR) is 114 cm³/mol. The number of Topliss-reactive ketones (excluding diaryl/α,β-unsaturated/α-hetero) is 1. The SMILES string of the molecule is CC(=O)N1CCc2cc(C(=O)CN3CCN(c4ccc([N+](=O)[O-])cc4)CC3)ccc21. The van der Waals surface area contributed by atoms with Crippen molar-refractivity contribution in [3.63, 3.8) is 0 Å². The lowest BCUT2D eigenvalue weighted by atomic mass is 10.0. The van der Waals surface area contributed by atoms with Crippen molar-refractivity contribution in [2.45, 2.75) is 13.3 Å². The van der Waals surface area contributed by atoms with Gasteiger partial charge in [0.15, 0.2) is 5.78 Å². The molecule has 2 aliphatic rings. The van der Waals surface area contributed by atoms with E-state index in [2.05, 4.69) is 9.80 Å². The van der Waals surface area contributed by atoms with E-state index in [0.29, 0.717) is 18.7 Å². The number of hydrogen-bond donors (Lipinski definition) is 0. The van der Waals surface area contributed by atoms with E-state index in [4.69, 9.17) is 0 Å². The van der Waals surface area contributed by atoms with Gasteiger partial charge in [-0.25, -0.2) is 0 Å². The molecular formula is C22H24N4O4. The highest BCUT2D eigenvalue weighted by Crippen LogP contribution is 2.29. The zero-order valence-corrected chi connectivity index (χ0v) is 16.9. The summed E-state index contributed by atoms with van der Waals surface area (Å²) in [6, 6.07) is 12.2. The first-order valence-electron chi connectivity index (χ1n) is 10.1. The molecule has 0 spiro atoms. The number of rotatable bonds is 5. The number of non-ortho nitro benzene ring substituents is 1. The third-order valence-corrected chi connectivity index (χ3v) is 5.84. The van der Waals surface area contributed by atoms with Crippen LogP contribution in [0.3, 0.4) is 0 Å². The third kappa shape index (κ3) is 4.04. The first-order chi connectivity index (χ1) is 14.4. The number of amides is 1. The Morgan fingerprint density at radius 1 is 1.00 bits per heavy atom. The molecule has 8 heteroatoms. The molecule has 1 saturated heterocycles. The second kappa shape index (κ2) is 8.23. The maximum absolute atomic E-state index is 12.8. The van der Waals surface area contributed by atoms with Crippen molar-refractivity contribution < 1.29 is 14.5 Å². The summed E-state index contributed by atoms with van der Waals surface area (Å²) < 4.78 is 0. The first kappa shape index (κ1) is 20.0. The minimum atomic E-state index is -0.399. The highest BCUT2D eigenvalue weighted by Gasteiger charge is 2.24. The van der Waals surface area contributed by atoms with E-state index in [1.54, 1.807) is 24.0 Å². The second-order valence-electron chi connectivity index (χ2n) is 7.72. The Balaban J connectivity index is 1.33. The number of carbonyl (C=O) groups excluding carboxylic acids is 2. The quantitative estimate of drug-likeness (QED) is 0.429. The lowest BCUT2D eigenvalue weighted by Gasteiger charge is -2.35. The minimum absolute atomic E-state index is 0.0266. The van der Waals surface area contributed by atoms with Gasteiger partial charge in [-0.05, 0) is 42.3 Å². The summed E-state index contributed by atoms with van der Waals surface area (Å²) in [6.07, 6.45) is 0.782. The summed E-state index contributed by atoms with van der Waals surface area (Å²) in [7, 11) is 0. The molecule has 2 heterocycles. The molecule has 4 rings (SSSR count). The Kier molecular flexibility index (Phi) is 5.50. The predicted octanol–water partition coefficient (Wildman–Crippen LogP) is 2.51. The first-order valence-corrected chi connectivity index (χ1v) is 10.1. The Hall–Kier alpha value is -3.26. The van der Waals surface area contributed by atoms with E-state index in [0.717, 1.165) is 49.5 Å². The monoisotopic (exact) mass is 408 g/mol. The van der Waals surface area contributed by atoms with Crippen molar-refractivity contribution in [2.75, 3.05) is 49.1 Å². The van der Waals surface area contributed by atoms with E-state index in [1.165, 1.54) is 12.1 Å². The van der Waals surface area contributed by atoms with Crippen molar-refractivity contribution >= 4 is 28.8 Å². The van der Waals surface area contributed by atoms with Crippen LogP contribution in [0.25, 0.3) is 0 Å². The zero-order chi connectivity index (χ0) is 21.3. The van der Waals surface area contributed by atoms with Crippen molar-refractivity contribution in [1.29, 1.82) is 0 Å². The van der Waals surface area contributed by atoms with Gasteiger partial charge in [-0.15, -0.1) is 0 Å².